The summed E-state index contributed by atoms with van der Waals surface area (Å²) in [7, 11) is 1.89. The second kappa shape index (κ2) is 8.77. The predicted octanol–water partition coefficient (Wildman–Crippen LogP) is 1.46. The van der Waals surface area contributed by atoms with Crippen LogP contribution in [0.5, 0.6) is 0 Å². The number of benzene rings is 1. The molecule has 0 atom stereocenters. The van der Waals surface area contributed by atoms with Gasteiger partial charge >= 0.3 is 0 Å². The molecule has 0 radical (unpaired) electrons. The highest BCUT2D eigenvalue weighted by atomic mass is 16.5. The van der Waals surface area contributed by atoms with E-state index in [0.717, 1.165) is 51.5 Å². The van der Waals surface area contributed by atoms with Crippen LogP contribution < -0.4 is 10.6 Å². The molecule has 0 spiro atoms. The molecule has 0 bridgehead atoms. The summed E-state index contributed by atoms with van der Waals surface area (Å²) in [5.41, 5.74) is 2.14. The van der Waals surface area contributed by atoms with E-state index in [1.807, 2.05) is 19.2 Å². The number of hydrogen-bond acceptors (Lipinski definition) is 4. The SMILES string of the molecule is CNCCCC(=O)Nc1ccc(CN2CCOCC2)cc1. The first-order valence-electron chi connectivity index (χ1n) is 7.61. The maximum absolute atomic E-state index is 11.7. The minimum absolute atomic E-state index is 0.0752. The van der Waals surface area contributed by atoms with E-state index < -0.39 is 0 Å². The number of ether oxygens (including phenoxy) is 1. The molecule has 5 nitrogen and oxygen atoms in total. The number of morpholine rings is 1. The standard InChI is InChI=1S/C16H25N3O2/c1-17-8-2-3-16(20)18-15-6-4-14(5-7-15)13-19-9-11-21-12-10-19/h4-7,17H,2-3,8-13H2,1H3,(H,18,20). The minimum Gasteiger partial charge on any atom is -0.379 e. The van der Waals surface area contributed by atoms with E-state index in [2.05, 4.69) is 27.7 Å². The van der Waals surface area contributed by atoms with Crippen molar-refractivity contribution in [2.45, 2.75) is 19.4 Å². The molecular weight excluding hydrogens is 266 g/mol. The molecule has 21 heavy (non-hydrogen) atoms. The van der Waals surface area contributed by atoms with Crippen molar-refractivity contribution in [3.8, 4) is 0 Å². The lowest BCUT2D eigenvalue weighted by atomic mass is 10.2. The molecule has 5 heteroatoms. The predicted molar refractivity (Wildman–Crippen MR) is 84.3 cm³/mol. The first-order valence-corrected chi connectivity index (χ1v) is 7.61. The van der Waals surface area contributed by atoms with Crippen molar-refractivity contribution in [2.75, 3.05) is 45.2 Å². The Kier molecular flexibility index (Phi) is 6.66. The zero-order chi connectivity index (χ0) is 14.9. The summed E-state index contributed by atoms with van der Waals surface area (Å²) in [6, 6.07) is 8.12. The van der Waals surface area contributed by atoms with E-state index in [9.17, 15) is 4.79 Å². The van der Waals surface area contributed by atoms with Crippen molar-refractivity contribution in [1.29, 1.82) is 0 Å². The summed E-state index contributed by atoms with van der Waals surface area (Å²) in [6.45, 7) is 5.43. The Morgan fingerprint density at radius 3 is 2.62 bits per heavy atom. The molecule has 0 saturated carbocycles. The third-order valence-corrected chi connectivity index (χ3v) is 3.58. The highest BCUT2D eigenvalue weighted by Gasteiger charge is 2.10. The molecule has 2 rings (SSSR count). The Hall–Kier alpha value is -1.43. The molecule has 1 heterocycles. The molecule has 2 N–H and O–H groups in total. The van der Waals surface area contributed by atoms with E-state index in [-0.39, 0.29) is 5.91 Å². The first-order chi connectivity index (χ1) is 10.3. The van der Waals surface area contributed by atoms with Crippen LogP contribution in [0, 0.1) is 0 Å². The Morgan fingerprint density at radius 1 is 1.24 bits per heavy atom. The molecular formula is C16H25N3O2. The third kappa shape index (κ3) is 5.83. The normalized spacial score (nSPS) is 15.9. The van der Waals surface area contributed by atoms with Gasteiger partial charge in [-0.05, 0) is 37.7 Å². The van der Waals surface area contributed by atoms with Gasteiger partial charge in [0.25, 0.3) is 0 Å². The van der Waals surface area contributed by atoms with Gasteiger partial charge in [0.05, 0.1) is 13.2 Å². The fourth-order valence-electron chi connectivity index (χ4n) is 2.36. The average Bonchev–Trinajstić information content (AvgIpc) is 2.51. The second-order valence-corrected chi connectivity index (χ2v) is 5.34. The van der Waals surface area contributed by atoms with Crippen LogP contribution in [0.2, 0.25) is 0 Å². The maximum Gasteiger partial charge on any atom is 0.224 e. The second-order valence-electron chi connectivity index (χ2n) is 5.34. The molecule has 1 amide bonds. The highest BCUT2D eigenvalue weighted by molar-refractivity contribution is 5.90. The maximum atomic E-state index is 11.7. The molecule has 1 fully saturated rings. The van der Waals surface area contributed by atoms with Gasteiger partial charge in [-0.1, -0.05) is 12.1 Å². The van der Waals surface area contributed by atoms with Gasteiger partial charge in [-0.25, -0.2) is 0 Å². The Balaban J connectivity index is 1.77. The van der Waals surface area contributed by atoms with Crippen molar-refractivity contribution >= 4 is 11.6 Å². The highest BCUT2D eigenvalue weighted by Crippen LogP contribution is 2.13. The van der Waals surface area contributed by atoms with Crippen molar-refractivity contribution in [2.24, 2.45) is 0 Å². The number of carbonyl (C=O) groups is 1. The zero-order valence-corrected chi connectivity index (χ0v) is 12.7. The summed E-state index contributed by atoms with van der Waals surface area (Å²) in [4.78, 5) is 14.1. The number of carbonyl (C=O) groups excluding carboxylic acids is 1. The molecule has 1 aromatic carbocycles. The van der Waals surface area contributed by atoms with Crippen LogP contribution in [0.15, 0.2) is 24.3 Å². The molecule has 1 aliphatic rings. The monoisotopic (exact) mass is 291 g/mol. The Bertz CT molecular complexity index is 428. The molecule has 0 aromatic heterocycles. The van der Waals surface area contributed by atoms with Gasteiger partial charge in [0.15, 0.2) is 0 Å². The third-order valence-electron chi connectivity index (χ3n) is 3.58. The lowest BCUT2D eigenvalue weighted by Gasteiger charge is -2.26. The topological polar surface area (TPSA) is 53.6 Å². The van der Waals surface area contributed by atoms with E-state index in [1.165, 1.54) is 5.56 Å². The first kappa shape index (κ1) is 15.9. The van der Waals surface area contributed by atoms with Gasteiger partial charge in [0.1, 0.15) is 0 Å². The van der Waals surface area contributed by atoms with Crippen LogP contribution in [0.3, 0.4) is 0 Å². The van der Waals surface area contributed by atoms with Crippen LogP contribution in [0.1, 0.15) is 18.4 Å². The lowest BCUT2D eigenvalue weighted by molar-refractivity contribution is -0.116. The number of anilines is 1. The number of amides is 1. The molecule has 0 aliphatic carbocycles. The van der Waals surface area contributed by atoms with Gasteiger partial charge in [0, 0.05) is 31.7 Å². The van der Waals surface area contributed by atoms with Crippen molar-refractivity contribution in [1.82, 2.24) is 10.2 Å². The fourth-order valence-corrected chi connectivity index (χ4v) is 2.36. The van der Waals surface area contributed by atoms with Crippen molar-refractivity contribution < 1.29 is 9.53 Å². The van der Waals surface area contributed by atoms with Gasteiger partial charge in [-0.3, -0.25) is 9.69 Å². The van der Waals surface area contributed by atoms with Crippen molar-refractivity contribution in [3.63, 3.8) is 0 Å². The number of rotatable bonds is 7. The summed E-state index contributed by atoms with van der Waals surface area (Å²) < 4.78 is 5.35. The molecule has 1 aliphatic heterocycles. The van der Waals surface area contributed by atoms with Crippen LogP contribution in [-0.4, -0.2) is 50.7 Å². The minimum atomic E-state index is 0.0752. The average molecular weight is 291 g/mol. The van der Waals surface area contributed by atoms with E-state index >= 15 is 0 Å². The van der Waals surface area contributed by atoms with Crippen LogP contribution in [0.4, 0.5) is 5.69 Å². The molecule has 1 saturated heterocycles. The van der Waals surface area contributed by atoms with Gasteiger partial charge in [-0.15, -0.1) is 0 Å². The van der Waals surface area contributed by atoms with Crippen molar-refractivity contribution in [3.05, 3.63) is 29.8 Å². The van der Waals surface area contributed by atoms with E-state index in [1.54, 1.807) is 0 Å². The summed E-state index contributed by atoms with van der Waals surface area (Å²) in [6.07, 6.45) is 1.41. The Labute approximate surface area is 126 Å². The number of nitrogens with one attached hydrogen (secondary N) is 2. The van der Waals surface area contributed by atoms with Crippen LogP contribution >= 0.6 is 0 Å². The lowest BCUT2D eigenvalue weighted by Crippen LogP contribution is -2.35. The Morgan fingerprint density at radius 2 is 1.95 bits per heavy atom. The molecule has 1 aromatic rings. The van der Waals surface area contributed by atoms with E-state index in [0.29, 0.717) is 6.42 Å². The summed E-state index contributed by atoms with van der Waals surface area (Å²) in [5, 5.41) is 5.97. The van der Waals surface area contributed by atoms with Crippen LogP contribution in [0.25, 0.3) is 0 Å². The van der Waals surface area contributed by atoms with Gasteiger partial charge in [-0.2, -0.15) is 0 Å². The van der Waals surface area contributed by atoms with Gasteiger partial charge in [0.2, 0.25) is 5.91 Å². The largest absolute Gasteiger partial charge is 0.379 e. The zero-order valence-electron chi connectivity index (χ0n) is 12.7. The molecule has 0 unspecified atom stereocenters. The van der Waals surface area contributed by atoms with E-state index in [4.69, 9.17) is 4.74 Å². The summed E-state index contributed by atoms with van der Waals surface area (Å²) >= 11 is 0. The molecule has 116 valence electrons. The fraction of sp³-hybridized carbons (Fsp3) is 0.562. The number of nitrogens with zero attached hydrogens (tertiary/aromatic N) is 1. The van der Waals surface area contributed by atoms with Crippen LogP contribution in [-0.2, 0) is 16.1 Å². The number of hydrogen-bond donors (Lipinski definition) is 2. The summed E-state index contributed by atoms with van der Waals surface area (Å²) in [5.74, 6) is 0.0752. The van der Waals surface area contributed by atoms with Gasteiger partial charge < -0.3 is 15.4 Å². The smallest absolute Gasteiger partial charge is 0.224 e. The quantitative estimate of drug-likeness (QED) is 0.747.